The van der Waals surface area contributed by atoms with Crippen LogP contribution >= 0.6 is 0 Å². The molecule has 0 spiro atoms. The van der Waals surface area contributed by atoms with E-state index in [0.717, 1.165) is 31.9 Å². The van der Waals surface area contributed by atoms with Crippen molar-refractivity contribution >= 4 is 21.8 Å². The summed E-state index contributed by atoms with van der Waals surface area (Å²) in [5, 5.41) is 11.0. The molecule has 0 saturated heterocycles. The van der Waals surface area contributed by atoms with Gasteiger partial charge in [-0.25, -0.2) is 13.2 Å². The molecule has 9 nitrogen and oxygen atoms in total. The number of rotatable bonds is 6. The van der Waals surface area contributed by atoms with Crippen LogP contribution in [0.1, 0.15) is 87.4 Å². The Kier molecular flexibility index (Phi) is 7.39. The van der Waals surface area contributed by atoms with Crippen molar-refractivity contribution in [2.24, 2.45) is 22.7 Å². The maximum atomic E-state index is 13.7. The molecule has 222 valence electrons. The molecule has 1 atom stereocenters. The van der Waals surface area contributed by atoms with Crippen molar-refractivity contribution in [2.45, 2.75) is 77.4 Å². The molecule has 41 heavy (non-hydrogen) atoms. The topological polar surface area (TPSA) is 125 Å². The van der Waals surface area contributed by atoms with E-state index in [2.05, 4.69) is 0 Å². The van der Waals surface area contributed by atoms with Crippen molar-refractivity contribution in [1.82, 2.24) is 0 Å². The lowest BCUT2D eigenvalue weighted by Crippen LogP contribution is -2.36. The molecule has 2 aliphatic carbocycles. The van der Waals surface area contributed by atoms with Crippen LogP contribution in [0.5, 0.6) is 23.0 Å². The zero-order valence-corrected chi connectivity index (χ0v) is 25.2. The van der Waals surface area contributed by atoms with Gasteiger partial charge >= 0.3 is 11.9 Å². The number of sulfone groups is 1. The van der Waals surface area contributed by atoms with Gasteiger partial charge in [0.1, 0.15) is 23.7 Å². The van der Waals surface area contributed by atoms with E-state index >= 15 is 0 Å². The lowest BCUT2D eigenvalue weighted by atomic mass is 9.80. The molecular weight excluding hydrogens is 548 g/mol. The van der Waals surface area contributed by atoms with Crippen molar-refractivity contribution in [2.75, 3.05) is 13.4 Å². The van der Waals surface area contributed by atoms with E-state index in [1.165, 1.54) is 25.3 Å². The number of methoxy groups -OCH3 is 1. The van der Waals surface area contributed by atoms with Crippen LogP contribution in [0.15, 0.2) is 29.2 Å². The Labute approximate surface area is 241 Å². The van der Waals surface area contributed by atoms with Crippen LogP contribution in [-0.2, 0) is 26.0 Å². The van der Waals surface area contributed by atoms with Gasteiger partial charge in [0.25, 0.3) is 0 Å². The first-order chi connectivity index (χ1) is 19.1. The normalized spacial score (nSPS) is 24.3. The second kappa shape index (κ2) is 10.3. The van der Waals surface area contributed by atoms with E-state index < -0.39 is 33.3 Å². The Balaban J connectivity index is 1.60. The smallest absolute Gasteiger partial charge is 0.346 e. The Morgan fingerprint density at radius 1 is 1.15 bits per heavy atom. The van der Waals surface area contributed by atoms with Crippen LogP contribution < -0.4 is 14.2 Å². The molecule has 1 heterocycles. The molecule has 1 aliphatic heterocycles. The van der Waals surface area contributed by atoms with Gasteiger partial charge in [-0.3, -0.25) is 4.79 Å². The number of ether oxygens (including phenoxy) is 4. The molecule has 0 amide bonds. The number of fused-ring (bicyclic) bond motifs is 4. The highest BCUT2D eigenvalue weighted by Gasteiger charge is 2.57. The number of hydrogen-bond donors (Lipinski definition) is 1. The number of carbonyl (C=O) groups excluding carboxylic acids is 2. The third-order valence-corrected chi connectivity index (χ3v) is 9.98. The fourth-order valence-electron chi connectivity index (χ4n) is 6.67. The maximum absolute atomic E-state index is 13.7. The fourth-order valence-corrected chi connectivity index (χ4v) is 7.35. The van der Waals surface area contributed by atoms with E-state index in [4.69, 9.17) is 18.9 Å². The summed E-state index contributed by atoms with van der Waals surface area (Å²) in [5.41, 5.74) is -0.234. The minimum Gasteiger partial charge on any atom is -0.495 e. The van der Waals surface area contributed by atoms with Gasteiger partial charge in [-0.05, 0) is 74.5 Å². The third kappa shape index (κ3) is 5.32. The SMILES string of the molecule is COc1c(C(O)CC(C)(C)C)ccc2c1C(=O)OCc1cc(S(C)(=O)=O)cc(OC(=O)C3(C)C4CCC3CC4)c1O2. The zero-order valence-electron chi connectivity index (χ0n) is 24.4. The summed E-state index contributed by atoms with van der Waals surface area (Å²) in [4.78, 5) is 26.9. The van der Waals surface area contributed by atoms with Crippen molar-refractivity contribution in [1.29, 1.82) is 0 Å². The fraction of sp³-hybridized carbons (Fsp3) is 0.548. The van der Waals surface area contributed by atoms with Gasteiger partial charge in [0.05, 0.1) is 23.5 Å². The number of aliphatic hydroxyl groups is 1. The molecule has 0 radical (unpaired) electrons. The molecular formula is C31H38O9S. The molecule has 3 aliphatic rings. The number of hydrogen-bond acceptors (Lipinski definition) is 9. The molecule has 1 N–H and O–H groups in total. The monoisotopic (exact) mass is 586 g/mol. The van der Waals surface area contributed by atoms with Gasteiger partial charge in [-0.1, -0.05) is 20.8 Å². The predicted molar refractivity (Wildman–Crippen MR) is 150 cm³/mol. The second-order valence-corrected chi connectivity index (χ2v) is 14.9. The molecule has 5 rings (SSSR count). The first-order valence-electron chi connectivity index (χ1n) is 14.0. The average molecular weight is 587 g/mol. The molecule has 2 aromatic carbocycles. The highest BCUT2D eigenvalue weighted by molar-refractivity contribution is 7.90. The number of benzene rings is 2. The third-order valence-electron chi connectivity index (χ3n) is 8.89. The van der Waals surface area contributed by atoms with Gasteiger partial charge in [0.2, 0.25) is 0 Å². The van der Waals surface area contributed by atoms with E-state index in [9.17, 15) is 23.1 Å². The van der Waals surface area contributed by atoms with Crippen LogP contribution in [0.3, 0.4) is 0 Å². The van der Waals surface area contributed by atoms with Crippen LogP contribution in [0.2, 0.25) is 0 Å². The van der Waals surface area contributed by atoms with Gasteiger partial charge in [-0.2, -0.15) is 0 Å². The van der Waals surface area contributed by atoms with E-state index in [-0.39, 0.29) is 62.9 Å². The highest BCUT2D eigenvalue weighted by Crippen LogP contribution is 2.58. The van der Waals surface area contributed by atoms with Crippen molar-refractivity contribution in [3.05, 3.63) is 41.0 Å². The minimum absolute atomic E-state index is 0.0196. The Morgan fingerprint density at radius 3 is 2.34 bits per heavy atom. The molecule has 2 bridgehead atoms. The molecule has 0 aromatic heterocycles. The summed E-state index contributed by atoms with van der Waals surface area (Å²) in [6.07, 6.45) is 4.38. The minimum atomic E-state index is -3.71. The van der Waals surface area contributed by atoms with Gasteiger partial charge < -0.3 is 24.1 Å². The zero-order chi connectivity index (χ0) is 29.9. The summed E-state index contributed by atoms with van der Waals surface area (Å²) in [7, 11) is -2.32. The number of carbonyl (C=O) groups is 2. The number of aliphatic hydroxyl groups excluding tert-OH is 1. The lowest BCUT2D eigenvalue weighted by Gasteiger charge is -2.29. The summed E-state index contributed by atoms with van der Waals surface area (Å²) < 4.78 is 48.6. The second-order valence-electron chi connectivity index (χ2n) is 12.9. The Bertz CT molecular complexity index is 1480. The largest absolute Gasteiger partial charge is 0.495 e. The van der Waals surface area contributed by atoms with Gasteiger partial charge in [0.15, 0.2) is 21.3 Å². The first kappa shape index (κ1) is 29.4. The summed E-state index contributed by atoms with van der Waals surface area (Å²) in [6.45, 7) is 7.59. The predicted octanol–water partition coefficient (Wildman–Crippen LogP) is 5.76. The summed E-state index contributed by atoms with van der Waals surface area (Å²) in [6, 6.07) is 5.80. The van der Waals surface area contributed by atoms with Crippen molar-refractivity contribution < 1.29 is 42.1 Å². The summed E-state index contributed by atoms with van der Waals surface area (Å²) in [5.74, 6) is -0.541. The molecule has 1 unspecified atom stereocenters. The standard InChI is InChI=1S/C31H38O9S/c1-30(2,3)15-22(32)21-11-12-23-25(27(21)37-5)28(33)38-16-17-13-20(41(6,35)36)14-24(26(17)39-23)40-29(34)31(4)18-7-8-19(31)10-9-18/h11-14,18-19,22,32H,7-10,15-16H2,1-6H3. The van der Waals surface area contributed by atoms with Crippen LogP contribution in [0.4, 0.5) is 0 Å². The molecule has 2 fully saturated rings. The molecule has 10 heteroatoms. The van der Waals surface area contributed by atoms with E-state index in [0.29, 0.717) is 12.0 Å². The Morgan fingerprint density at radius 2 is 1.78 bits per heavy atom. The quantitative estimate of drug-likeness (QED) is 0.332. The highest BCUT2D eigenvalue weighted by atomic mass is 32.2. The van der Waals surface area contributed by atoms with Crippen molar-refractivity contribution in [3.8, 4) is 23.0 Å². The lowest BCUT2D eigenvalue weighted by molar-refractivity contribution is -0.147. The molecule has 2 saturated carbocycles. The number of cyclic esters (lactones) is 1. The van der Waals surface area contributed by atoms with E-state index in [1.807, 2.05) is 27.7 Å². The Hall–Kier alpha value is -3.11. The van der Waals surface area contributed by atoms with E-state index in [1.54, 1.807) is 6.07 Å². The van der Waals surface area contributed by atoms with Crippen LogP contribution in [-0.4, -0.2) is 38.8 Å². The van der Waals surface area contributed by atoms with Crippen LogP contribution in [0, 0.1) is 22.7 Å². The summed E-state index contributed by atoms with van der Waals surface area (Å²) >= 11 is 0. The van der Waals surface area contributed by atoms with Crippen molar-refractivity contribution in [3.63, 3.8) is 0 Å². The average Bonchev–Trinajstić information content (AvgIpc) is 3.38. The van der Waals surface area contributed by atoms with Crippen LogP contribution in [0.25, 0.3) is 0 Å². The van der Waals surface area contributed by atoms with Gasteiger partial charge in [-0.15, -0.1) is 0 Å². The first-order valence-corrected chi connectivity index (χ1v) is 15.9. The number of esters is 2. The maximum Gasteiger partial charge on any atom is 0.346 e. The molecule has 2 aromatic rings. The van der Waals surface area contributed by atoms with Gasteiger partial charge in [0, 0.05) is 23.4 Å².